The second kappa shape index (κ2) is 6.37. The maximum Gasteiger partial charge on any atom is 0.387 e. The van der Waals surface area contributed by atoms with E-state index < -0.39 is 6.61 Å². The van der Waals surface area contributed by atoms with Gasteiger partial charge in [0, 0.05) is 11.7 Å². The van der Waals surface area contributed by atoms with Gasteiger partial charge in [0.2, 0.25) is 0 Å². The van der Waals surface area contributed by atoms with Crippen molar-refractivity contribution in [3.8, 4) is 5.75 Å². The van der Waals surface area contributed by atoms with Gasteiger partial charge in [0.15, 0.2) is 0 Å². The Morgan fingerprint density at radius 2 is 1.65 bits per heavy atom. The Balaban J connectivity index is 2.06. The van der Waals surface area contributed by atoms with Gasteiger partial charge in [-0.15, -0.1) is 0 Å². The Morgan fingerprint density at radius 1 is 1.00 bits per heavy atom. The summed E-state index contributed by atoms with van der Waals surface area (Å²) < 4.78 is 28.5. The number of hydrogen-bond acceptors (Lipinski definition) is 2. The second-order valence-electron chi connectivity index (χ2n) is 4.63. The summed E-state index contributed by atoms with van der Waals surface area (Å²) in [5.74, 6) is 0.173. The van der Waals surface area contributed by atoms with E-state index in [4.69, 9.17) is 0 Å². The van der Waals surface area contributed by atoms with Crippen LogP contribution in [0.2, 0.25) is 0 Å². The summed E-state index contributed by atoms with van der Waals surface area (Å²) in [6.45, 7) is 1.27. The van der Waals surface area contributed by atoms with Crippen molar-refractivity contribution in [2.24, 2.45) is 0 Å². The minimum absolute atomic E-state index is 0.0803. The molecule has 1 N–H and O–H groups in total. The molecule has 2 rings (SSSR count). The number of ether oxygens (including phenoxy) is 1. The van der Waals surface area contributed by atoms with Gasteiger partial charge >= 0.3 is 6.61 Å². The zero-order valence-electron chi connectivity index (χ0n) is 11.4. The SMILES string of the molecule is Cc1ccccc1NC(C)c1ccc(OC(F)F)cc1. The van der Waals surface area contributed by atoms with Crippen LogP contribution < -0.4 is 10.1 Å². The average molecular weight is 277 g/mol. The van der Waals surface area contributed by atoms with Crippen molar-refractivity contribution in [3.63, 3.8) is 0 Å². The number of rotatable bonds is 5. The highest BCUT2D eigenvalue weighted by Crippen LogP contribution is 2.24. The highest BCUT2D eigenvalue weighted by Gasteiger charge is 2.08. The third kappa shape index (κ3) is 3.70. The lowest BCUT2D eigenvalue weighted by atomic mass is 10.1. The molecular weight excluding hydrogens is 260 g/mol. The first-order chi connectivity index (χ1) is 9.56. The number of hydrogen-bond donors (Lipinski definition) is 1. The first-order valence-electron chi connectivity index (χ1n) is 6.43. The van der Waals surface area contributed by atoms with Crippen LogP contribution in [0.5, 0.6) is 5.75 Å². The normalized spacial score (nSPS) is 12.2. The molecule has 0 aliphatic rings. The highest BCUT2D eigenvalue weighted by atomic mass is 19.3. The molecule has 1 atom stereocenters. The first kappa shape index (κ1) is 14.3. The molecule has 0 aliphatic carbocycles. The topological polar surface area (TPSA) is 21.3 Å². The number of benzene rings is 2. The summed E-state index contributed by atoms with van der Waals surface area (Å²) in [6.07, 6.45) is 0. The molecule has 2 aromatic carbocycles. The number of anilines is 1. The van der Waals surface area contributed by atoms with Crippen molar-refractivity contribution in [3.05, 3.63) is 59.7 Å². The standard InChI is InChI=1S/C16H17F2NO/c1-11-5-3-4-6-15(11)19-12(2)13-7-9-14(10-8-13)20-16(17)18/h3-10,12,16,19H,1-2H3. The molecule has 0 spiro atoms. The quantitative estimate of drug-likeness (QED) is 0.850. The lowest BCUT2D eigenvalue weighted by Crippen LogP contribution is -2.08. The van der Waals surface area contributed by atoms with Crippen LogP contribution in [-0.4, -0.2) is 6.61 Å². The molecule has 0 amide bonds. The maximum absolute atomic E-state index is 12.1. The van der Waals surface area contributed by atoms with Gasteiger partial charge < -0.3 is 10.1 Å². The zero-order valence-corrected chi connectivity index (χ0v) is 11.4. The minimum Gasteiger partial charge on any atom is -0.435 e. The van der Waals surface area contributed by atoms with E-state index >= 15 is 0 Å². The van der Waals surface area contributed by atoms with E-state index in [0.717, 1.165) is 16.8 Å². The lowest BCUT2D eigenvalue weighted by molar-refractivity contribution is -0.0498. The Morgan fingerprint density at radius 3 is 2.25 bits per heavy atom. The molecule has 0 saturated heterocycles. The van der Waals surface area contributed by atoms with Crippen molar-refractivity contribution in [1.82, 2.24) is 0 Å². The fourth-order valence-corrected chi connectivity index (χ4v) is 1.99. The zero-order chi connectivity index (χ0) is 14.5. The molecule has 1 unspecified atom stereocenters. The number of aryl methyl sites for hydroxylation is 1. The van der Waals surface area contributed by atoms with E-state index in [-0.39, 0.29) is 11.8 Å². The fourth-order valence-electron chi connectivity index (χ4n) is 1.99. The van der Waals surface area contributed by atoms with Crippen molar-refractivity contribution in [2.75, 3.05) is 5.32 Å². The molecule has 106 valence electrons. The molecule has 0 saturated carbocycles. The summed E-state index contributed by atoms with van der Waals surface area (Å²) in [6, 6.07) is 14.8. The maximum atomic E-state index is 12.1. The number of nitrogens with one attached hydrogen (secondary N) is 1. The van der Waals surface area contributed by atoms with Crippen LogP contribution in [-0.2, 0) is 0 Å². The molecular formula is C16H17F2NO. The molecule has 20 heavy (non-hydrogen) atoms. The van der Waals surface area contributed by atoms with Gasteiger partial charge in [-0.2, -0.15) is 8.78 Å². The van der Waals surface area contributed by atoms with Crippen LogP contribution in [0.15, 0.2) is 48.5 Å². The van der Waals surface area contributed by atoms with Gasteiger partial charge in [0.1, 0.15) is 5.75 Å². The minimum atomic E-state index is -2.79. The van der Waals surface area contributed by atoms with Gasteiger partial charge in [-0.25, -0.2) is 0 Å². The van der Waals surface area contributed by atoms with Crippen LogP contribution in [0, 0.1) is 6.92 Å². The molecule has 0 heterocycles. The summed E-state index contributed by atoms with van der Waals surface area (Å²) in [5, 5.41) is 3.40. The molecule has 0 aromatic heterocycles. The van der Waals surface area contributed by atoms with Gasteiger partial charge in [0.05, 0.1) is 0 Å². The van der Waals surface area contributed by atoms with E-state index in [1.54, 1.807) is 24.3 Å². The Bertz CT molecular complexity index is 555. The van der Waals surface area contributed by atoms with Gasteiger partial charge in [-0.05, 0) is 43.2 Å². The van der Waals surface area contributed by atoms with Crippen molar-refractivity contribution in [2.45, 2.75) is 26.5 Å². The third-order valence-electron chi connectivity index (χ3n) is 3.12. The molecule has 4 heteroatoms. The summed E-state index contributed by atoms with van der Waals surface area (Å²) >= 11 is 0. The monoisotopic (exact) mass is 277 g/mol. The van der Waals surface area contributed by atoms with Crippen LogP contribution in [0.3, 0.4) is 0 Å². The van der Waals surface area contributed by atoms with Crippen molar-refractivity contribution in [1.29, 1.82) is 0 Å². The highest BCUT2D eigenvalue weighted by molar-refractivity contribution is 5.51. The van der Waals surface area contributed by atoms with Crippen LogP contribution in [0.1, 0.15) is 24.1 Å². The molecule has 0 bridgehead atoms. The molecule has 0 aliphatic heterocycles. The molecule has 2 aromatic rings. The van der Waals surface area contributed by atoms with Gasteiger partial charge in [-0.3, -0.25) is 0 Å². The number of alkyl halides is 2. The second-order valence-corrected chi connectivity index (χ2v) is 4.63. The molecule has 0 radical (unpaired) electrons. The summed E-state index contributed by atoms with van der Waals surface area (Å²) in [4.78, 5) is 0. The van der Waals surface area contributed by atoms with Gasteiger partial charge in [-0.1, -0.05) is 30.3 Å². The smallest absolute Gasteiger partial charge is 0.387 e. The number of para-hydroxylation sites is 1. The summed E-state index contributed by atoms with van der Waals surface area (Å²) in [5.41, 5.74) is 3.24. The van der Waals surface area contributed by atoms with Crippen LogP contribution >= 0.6 is 0 Å². The molecule has 0 fully saturated rings. The van der Waals surface area contributed by atoms with Crippen LogP contribution in [0.25, 0.3) is 0 Å². The largest absolute Gasteiger partial charge is 0.435 e. The predicted octanol–water partition coefficient (Wildman–Crippen LogP) is 4.77. The van der Waals surface area contributed by atoms with E-state index in [2.05, 4.69) is 10.1 Å². The lowest BCUT2D eigenvalue weighted by Gasteiger charge is -2.17. The Kier molecular flexibility index (Phi) is 4.56. The Labute approximate surface area is 117 Å². The van der Waals surface area contributed by atoms with Crippen molar-refractivity contribution >= 4 is 5.69 Å². The van der Waals surface area contributed by atoms with Gasteiger partial charge in [0.25, 0.3) is 0 Å². The summed E-state index contributed by atoms with van der Waals surface area (Å²) in [7, 11) is 0. The van der Waals surface area contributed by atoms with Crippen molar-refractivity contribution < 1.29 is 13.5 Å². The van der Waals surface area contributed by atoms with E-state index in [1.807, 2.05) is 38.1 Å². The average Bonchev–Trinajstić information content (AvgIpc) is 2.41. The fraction of sp³-hybridized carbons (Fsp3) is 0.250. The predicted molar refractivity (Wildman–Crippen MR) is 76.3 cm³/mol. The number of halogens is 2. The first-order valence-corrected chi connectivity index (χ1v) is 6.43. The molecule has 2 nitrogen and oxygen atoms in total. The Hall–Kier alpha value is -2.10. The third-order valence-corrected chi connectivity index (χ3v) is 3.12. The van der Waals surface area contributed by atoms with Crippen LogP contribution in [0.4, 0.5) is 14.5 Å². The van der Waals surface area contributed by atoms with E-state index in [1.165, 1.54) is 0 Å². The van der Waals surface area contributed by atoms with E-state index in [0.29, 0.717) is 0 Å². The van der Waals surface area contributed by atoms with E-state index in [9.17, 15) is 8.78 Å².